The number of aryl methyl sites for hydroxylation is 1. The minimum Gasteiger partial charge on any atom is -0.365 e. The van der Waals surface area contributed by atoms with Crippen molar-refractivity contribution in [2.24, 2.45) is 0 Å². The maximum atomic E-state index is 13.7. The molecule has 1 heterocycles. The quantitative estimate of drug-likeness (QED) is 0.803. The van der Waals surface area contributed by atoms with E-state index in [1.807, 2.05) is 13.0 Å². The summed E-state index contributed by atoms with van der Waals surface area (Å²) < 4.78 is 14.3. The van der Waals surface area contributed by atoms with E-state index in [-0.39, 0.29) is 11.4 Å². The molecule has 4 heteroatoms. The molecule has 0 amide bonds. The Morgan fingerprint density at radius 2 is 2.00 bits per heavy atom. The molecule has 116 valence electrons. The van der Waals surface area contributed by atoms with E-state index in [1.54, 1.807) is 6.07 Å². The van der Waals surface area contributed by atoms with Crippen LogP contribution in [-0.4, -0.2) is 24.7 Å². The van der Waals surface area contributed by atoms with Crippen molar-refractivity contribution in [2.45, 2.75) is 57.5 Å². The number of rotatable bonds is 1. The lowest BCUT2D eigenvalue weighted by Crippen LogP contribution is -2.64. The summed E-state index contributed by atoms with van der Waals surface area (Å²) in [5, 5.41) is 3.80. The molecule has 21 heavy (non-hydrogen) atoms. The number of hydrogen-bond donors (Lipinski definition) is 1. The first-order valence-corrected chi connectivity index (χ1v) is 8.77. The molecule has 1 aromatic carbocycles. The lowest BCUT2D eigenvalue weighted by Gasteiger charge is -2.50. The summed E-state index contributed by atoms with van der Waals surface area (Å²) in [5.74, 6) is -0.175. The Bertz CT molecular complexity index is 526. The molecule has 0 radical (unpaired) electrons. The van der Waals surface area contributed by atoms with Gasteiger partial charge in [0.15, 0.2) is 0 Å². The second-order valence-electron chi connectivity index (χ2n) is 6.75. The highest BCUT2D eigenvalue weighted by atomic mass is 79.9. The van der Waals surface area contributed by atoms with Crippen molar-refractivity contribution < 1.29 is 4.39 Å². The van der Waals surface area contributed by atoms with Gasteiger partial charge in [0.05, 0.1) is 4.47 Å². The zero-order valence-corrected chi connectivity index (χ0v) is 14.5. The van der Waals surface area contributed by atoms with Crippen LogP contribution in [0.4, 0.5) is 10.1 Å². The van der Waals surface area contributed by atoms with Crippen molar-refractivity contribution in [3.63, 3.8) is 0 Å². The molecular formula is C17H24BrFN2. The summed E-state index contributed by atoms with van der Waals surface area (Å²) in [6.45, 7) is 6.30. The fourth-order valence-corrected chi connectivity index (χ4v) is 4.17. The number of halogens is 2. The number of piperazine rings is 1. The van der Waals surface area contributed by atoms with Crippen molar-refractivity contribution in [2.75, 3.05) is 18.0 Å². The van der Waals surface area contributed by atoms with Gasteiger partial charge in [-0.1, -0.05) is 19.3 Å². The average Bonchev–Trinajstić information content (AvgIpc) is 2.47. The van der Waals surface area contributed by atoms with Gasteiger partial charge in [0.25, 0.3) is 0 Å². The molecule has 1 N–H and O–H groups in total. The van der Waals surface area contributed by atoms with E-state index < -0.39 is 0 Å². The fraction of sp³-hybridized carbons (Fsp3) is 0.647. The van der Waals surface area contributed by atoms with Crippen LogP contribution in [0.25, 0.3) is 0 Å². The first-order chi connectivity index (χ1) is 10.0. The van der Waals surface area contributed by atoms with Gasteiger partial charge in [-0.3, -0.25) is 0 Å². The van der Waals surface area contributed by atoms with E-state index >= 15 is 0 Å². The van der Waals surface area contributed by atoms with Crippen molar-refractivity contribution in [3.8, 4) is 0 Å². The first kappa shape index (κ1) is 15.3. The standard InChI is InChI=1S/C17H24BrFN2/c1-12-8-15(19)14(18)9-16(12)21-11-17(20-10-13(21)2)6-4-3-5-7-17/h8-9,13,20H,3-7,10-11H2,1-2H3. The molecule has 0 bridgehead atoms. The Hall–Kier alpha value is -0.610. The van der Waals surface area contributed by atoms with Crippen LogP contribution in [0.15, 0.2) is 16.6 Å². The Balaban J connectivity index is 1.90. The molecule has 1 aliphatic carbocycles. The lowest BCUT2D eigenvalue weighted by atomic mass is 9.79. The van der Waals surface area contributed by atoms with Gasteiger partial charge < -0.3 is 10.2 Å². The van der Waals surface area contributed by atoms with Gasteiger partial charge in [-0.25, -0.2) is 4.39 Å². The molecule has 1 aromatic rings. The molecule has 1 saturated carbocycles. The van der Waals surface area contributed by atoms with E-state index in [1.165, 1.54) is 37.8 Å². The largest absolute Gasteiger partial charge is 0.365 e. The van der Waals surface area contributed by atoms with Gasteiger partial charge in [-0.2, -0.15) is 0 Å². The van der Waals surface area contributed by atoms with Crippen molar-refractivity contribution in [3.05, 3.63) is 28.0 Å². The maximum absolute atomic E-state index is 13.7. The second-order valence-corrected chi connectivity index (χ2v) is 7.61. The van der Waals surface area contributed by atoms with E-state index in [0.29, 0.717) is 10.5 Å². The number of nitrogens with zero attached hydrogens (tertiary/aromatic N) is 1. The van der Waals surface area contributed by atoms with E-state index in [9.17, 15) is 4.39 Å². The van der Waals surface area contributed by atoms with Crippen molar-refractivity contribution in [1.29, 1.82) is 0 Å². The highest BCUT2D eigenvalue weighted by Gasteiger charge is 2.39. The maximum Gasteiger partial charge on any atom is 0.137 e. The predicted molar refractivity (Wildman–Crippen MR) is 89.5 cm³/mol. The zero-order chi connectivity index (χ0) is 15.0. The number of hydrogen-bond acceptors (Lipinski definition) is 2. The molecule has 2 aliphatic rings. The normalized spacial score (nSPS) is 25.3. The Morgan fingerprint density at radius 1 is 1.29 bits per heavy atom. The molecule has 1 unspecified atom stereocenters. The summed E-state index contributed by atoms with van der Waals surface area (Å²) in [5.41, 5.74) is 2.45. The summed E-state index contributed by atoms with van der Waals surface area (Å²) in [7, 11) is 0. The third kappa shape index (κ3) is 2.98. The van der Waals surface area contributed by atoms with E-state index in [2.05, 4.69) is 33.1 Å². The molecule has 0 aromatic heterocycles. The molecule has 2 nitrogen and oxygen atoms in total. The monoisotopic (exact) mass is 354 g/mol. The second kappa shape index (κ2) is 5.88. The third-order valence-corrected chi connectivity index (χ3v) is 5.74. The van der Waals surface area contributed by atoms with Gasteiger partial charge >= 0.3 is 0 Å². The Morgan fingerprint density at radius 3 is 2.71 bits per heavy atom. The molecule has 3 rings (SSSR count). The smallest absolute Gasteiger partial charge is 0.137 e. The van der Waals surface area contributed by atoms with Gasteiger partial charge in [-0.15, -0.1) is 0 Å². The van der Waals surface area contributed by atoms with Crippen LogP contribution in [0.2, 0.25) is 0 Å². The topological polar surface area (TPSA) is 15.3 Å². The van der Waals surface area contributed by atoms with Crippen molar-refractivity contribution in [1.82, 2.24) is 5.32 Å². The van der Waals surface area contributed by atoms with Crippen molar-refractivity contribution >= 4 is 21.6 Å². The molecule has 2 fully saturated rings. The minimum atomic E-state index is -0.175. The molecular weight excluding hydrogens is 331 g/mol. The van der Waals surface area contributed by atoms with Gasteiger partial charge in [0, 0.05) is 30.4 Å². The number of nitrogens with one attached hydrogen (secondary N) is 1. The first-order valence-electron chi connectivity index (χ1n) is 7.98. The average molecular weight is 355 g/mol. The van der Waals surface area contributed by atoms with E-state index in [4.69, 9.17) is 0 Å². The van der Waals surface area contributed by atoms with Crippen LogP contribution >= 0.6 is 15.9 Å². The predicted octanol–water partition coefficient (Wildman–Crippen LogP) is 4.40. The van der Waals surface area contributed by atoms with Crippen LogP contribution in [0.5, 0.6) is 0 Å². The summed E-state index contributed by atoms with van der Waals surface area (Å²) in [6.07, 6.45) is 6.53. The van der Waals surface area contributed by atoms with Gasteiger partial charge in [0.2, 0.25) is 0 Å². The highest BCUT2D eigenvalue weighted by molar-refractivity contribution is 9.10. The van der Waals surface area contributed by atoms with Crippen LogP contribution < -0.4 is 10.2 Å². The Labute approximate surface area is 135 Å². The number of benzene rings is 1. The third-order valence-electron chi connectivity index (χ3n) is 5.14. The highest BCUT2D eigenvalue weighted by Crippen LogP contribution is 2.36. The van der Waals surface area contributed by atoms with Crippen LogP contribution in [-0.2, 0) is 0 Å². The van der Waals surface area contributed by atoms with Crippen LogP contribution in [0, 0.1) is 12.7 Å². The molecule has 1 aliphatic heterocycles. The molecule has 1 atom stereocenters. The van der Waals surface area contributed by atoms with Crippen LogP contribution in [0.1, 0.15) is 44.6 Å². The summed E-state index contributed by atoms with van der Waals surface area (Å²) in [4.78, 5) is 2.47. The van der Waals surface area contributed by atoms with E-state index in [0.717, 1.165) is 18.7 Å². The van der Waals surface area contributed by atoms with Gasteiger partial charge in [0.1, 0.15) is 5.82 Å². The fourth-order valence-electron chi connectivity index (χ4n) is 3.84. The van der Waals surface area contributed by atoms with Gasteiger partial charge in [-0.05, 0) is 60.3 Å². The molecule has 1 spiro atoms. The van der Waals surface area contributed by atoms with Crippen LogP contribution in [0.3, 0.4) is 0 Å². The Kier molecular flexibility index (Phi) is 4.28. The molecule has 1 saturated heterocycles. The SMILES string of the molecule is Cc1cc(F)c(Br)cc1N1CC2(CCCCC2)NCC1C. The summed E-state index contributed by atoms with van der Waals surface area (Å²) in [6, 6.07) is 4.03. The lowest BCUT2D eigenvalue weighted by molar-refractivity contribution is 0.200. The minimum absolute atomic E-state index is 0.175. The zero-order valence-electron chi connectivity index (χ0n) is 12.9. The summed E-state index contributed by atoms with van der Waals surface area (Å²) >= 11 is 3.34. The number of anilines is 1.